The highest BCUT2D eigenvalue weighted by atomic mass is 16.3. The van der Waals surface area contributed by atoms with Gasteiger partial charge in [-0.15, -0.1) is 0 Å². The van der Waals surface area contributed by atoms with E-state index in [-0.39, 0.29) is 28.4 Å². The van der Waals surface area contributed by atoms with Crippen molar-refractivity contribution in [1.29, 1.82) is 0 Å². The van der Waals surface area contributed by atoms with E-state index in [0.717, 1.165) is 71.4 Å². The molecule has 0 radical (unpaired) electrons. The number of Topliss-reactive ketones (excluding diaryl/α,β-unsaturated/α-hetero) is 1. The highest BCUT2D eigenvalue weighted by Crippen LogP contribution is 2.46. The summed E-state index contributed by atoms with van der Waals surface area (Å²) in [7, 11) is 0. The predicted octanol–water partition coefficient (Wildman–Crippen LogP) is 7.12. The summed E-state index contributed by atoms with van der Waals surface area (Å²) in [5.41, 5.74) is 8.27. The Kier molecular flexibility index (Phi) is 6.75. The molecule has 4 unspecified atom stereocenters. The molecule has 2 fully saturated rings. The number of aliphatic hydroxyl groups excluding tert-OH is 1. The zero-order valence-electron chi connectivity index (χ0n) is 27.7. The van der Waals surface area contributed by atoms with E-state index in [1.165, 1.54) is 0 Å². The summed E-state index contributed by atoms with van der Waals surface area (Å²) in [4.78, 5) is 19.5. The van der Waals surface area contributed by atoms with Crippen molar-refractivity contribution >= 4 is 49.8 Å². The summed E-state index contributed by atoms with van der Waals surface area (Å²) in [6.45, 7) is 9.02. The van der Waals surface area contributed by atoms with Crippen LogP contribution in [0.2, 0.25) is 0 Å². The van der Waals surface area contributed by atoms with Gasteiger partial charge in [0.2, 0.25) is 5.78 Å². The van der Waals surface area contributed by atoms with Crippen molar-refractivity contribution in [3.05, 3.63) is 82.6 Å². The maximum absolute atomic E-state index is 14.1. The molecule has 242 valence electrons. The molecule has 4 aromatic carbocycles. The molecular formula is C40H44N4O3. The first kappa shape index (κ1) is 30.0. The summed E-state index contributed by atoms with van der Waals surface area (Å²) in [6, 6.07) is 19.5. The van der Waals surface area contributed by atoms with E-state index in [1.54, 1.807) is 6.07 Å². The number of fused-ring (bicyclic) bond motifs is 1. The number of aromatic hydroxyl groups is 1. The third-order valence-corrected chi connectivity index (χ3v) is 11.0. The Labute approximate surface area is 275 Å². The molecule has 47 heavy (non-hydrogen) atoms. The first-order chi connectivity index (χ1) is 22.4. The number of hydrogen-bond acceptors (Lipinski definition) is 7. The zero-order valence-corrected chi connectivity index (χ0v) is 27.7. The fraction of sp³-hybridized carbons (Fsp3) is 0.400. The maximum Gasteiger partial charge on any atom is 0.201 e. The quantitative estimate of drug-likeness (QED) is 0.154. The van der Waals surface area contributed by atoms with Gasteiger partial charge in [-0.05, 0) is 91.2 Å². The van der Waals surface area contributed by atoms with Gasteiger partial charge in [0.25, 0.3) is 0 Å². The van der Waals surface area contributed by atoms with E-state index in [4.69, 9.17) is 10.7 Å². The number of phenolic OH excluding ortho intramolecular Hbond substituents is 1. The van der Waals surface area contributed by atoms with Crippen LogP contribution >= 0.6 is 0 Å². The molecular weight excluding hydrogens is 584 g/mol. The van der Waals surface area contributed by atoms with E-state index in [0.29, 0.717) is 39.8 Å². The number of nitrogens with zero attached hydrogens (tertiary/aromatic N) is 1. The van der Waals surface area contributed by atoms with Gasteiger partial charge in [0.1, 0.15) is 17.2 Å². The molecule has 1 heterocycles. The summed E-state index contributed by atoms with van der Waals surface area (Å²) < 4.78 is 0. The second kappa shape index (κ2) is 10.6. The summed E-state index contributed by atoms with van der Waals surface area (Å²) in [6.07, 6.45) is 5.77. The predicted molar refractivity (Wildman–Crippen MR) is 190 cm³/mol. The Balaban J connectivity index is 1.28. The Morgan fingerprint density at radius 3 is 2.09 bits per heavy atom. The lowest BCUT2D eigenvalue weighted by atomic mass is 9.75. The number of ketones is 1. The first-order valence-electron chi connectivity index (χ1n) is 17.2. The number of nitrogens with two attached hydrogens (primary N) is 1. The lowest BCUT2D eigenvalue weighted by molar-refractivity contribution is -0.109. The standard InChI is InChI=1S/C40H44N4O3/c1-21-15-22(2)18-39(41,17-21)42-30-10-6-8-26-12-14-28(36(45)32(26)30)34-37(46)33(38(34)47)27-13-11-25-7-5-9-29-31(25)35(27)44-40(43-29)19-23(3)16-24(4)20-40/h5-14,21-24,42-43,45-46H,15-20,41H2,1-4H3. The van der Waals surface area contributed by atoms with Gasteiger partial charge in [0.05, 0.1) is 22.2 Å². The SMILES string of the molecule is CC1CC(C)CC(N)(Nc2cccc3ccc(C4=C(O)C(=c5ccc6cccc7c6c5=NC5(CC(C)CC(C)C5)N7)C4=O)c(O)c23)C1. The van der Waals surface area contributed by atoms with E-state index in [1.807, 2.05) is 42.5 Å². The van der Waals surface area contributed by atoms with Gasteiger partial charge in [-0.25, -0.2) is 0 Å². The van der Waals surface area contributed by atoms with E-state index in [2.05, 4.69) is 50.5 Å². The van der Waals surface area contributed by atoms with Crippen LogP contribution in [0.15, 0.2) is 71.4 Å². The Morgan fingerprint density at radius 1 is 0.787 bits per heavy atom. The second-order valence-electron chi connectivity index (χ2n) is 15.4. The molecule has 2 saturated carbocycles. The normalized spacial score (nSPS) is 31.5. The van der Waals surface area contributed by atoms with Crippen LogP contribution in [0.25, 0.3) is 32.7 Å². The summed E-state index contributed by atoms with van der Waals surface area (Å²) in [5.74, 6) is 1.54. The minimum atomic E-state index is -0.609. The van der Waals surface area contributed by atoms with Crippen LogP contribution in [-0.2, 0) is 4.79 Å². The molecule has 0 bridgehead atoms. The zero-order chi connectivity index (χ0) is 32.8. The minimum absolute atomic E-state index is 0.0415. The van der Waals surface area contributed by atoms with Crippen molar-refractivity contribution in [1.82, 2.24) is 0 Å². The fourth-order valence-corrected chi connectivity index (χ4v) is 9.68. The number of carbonyl (C=O) groups excluding carboxylic acids is 1. The van der Waals surface area contributed by atoms with Crippen LogP contribution in [0, 0.1) is 23.7 Å². The molecule has 7 heteroatoms. The smallest absolute Gasteiger partial charge is 0.201 e. The van der Waals surface area contributed by atoms with Gasteiger partial charge in [-0.1, -0.05) is 70.2 Å². The molecule has 0 aromatic heterocycles. The third kappa shape index (κ3) is 4.81. The topological polar surface area (TPSA) is 120 Å². The Bertz CT molecular complexity index is 2130. The molecule has 3 aliphatic carbocycles. The van der Waals surface area contributed by atoms with Crippen molar-refractivity contribution in [2.45, 2.75) is 77.5 Å². The summed E-state index contributed by atoms with van der Waals surface area (Å²) in [5, 5.41) is 35.6. The van der Waals surface area contributed by atoms with Crippen molar-refractivity contribution < 1.29 is 15.0 Å². The highest BCUT2D eigenvalue weighted by Gasteiger charge is 2.42. The fourth-order valence-electron chi connectivity index (χ4n) is 9.68. The molecule has 1 spiro atoms. The molecule has 4 aliphatic rings. The van der Waals surface area contributed by atoms with Gasteiger partial charge in [-0.3, -0.25) is 9.79 Å². The van der Waals surface area contributed by atoms with E-state index < -0.39 is 11.3 Å². The van der Waals surface area contributed by atoms with Gasteiger partial charge < -0.3 is 26.6 Å². The number of aliphatic hydroxyl groups is 1. The second-order valence-corrected chi connectivity index (χ2v) is 15.4. The monoisotopic (exact) mass is 628 g/mol. The van der Waals surface area contributed by atoms with Crippen LogP contribution < -0.4 is 26.9 Å². The lowest BCUT2D eigenvalue weighted by Gasteiger charge is -2.43. The number of carbonyl (C=O) groups is 1. The van der Waals surface area contributed by atoms with Crippen molar-refractivity contribution in [3.63, 3.8) is 0 Å². The number of phenols is 1. The number of rotatable bonds is 3. The van der Waals surface area contributed by atoms with Gasteiger partial charge >= 0.3 is 0 Å². The first-order valence-corrected chi connectivity index (χ1v) is 17.2. The molecule has 4 aromatic rings. The van der Waals surface area contributed by atoms with Crippen molar-refractivity contribution in [3.8, 4) is 5.75 Å². The molecule has 4 atom stereocenters. The van der Waals surface area contributed by atoms with Crippen LogP contribution in [0.3, 0.4) is 0 Å². The van der Waals surface area contributed by atoms with Crippen molar-refractivity contribution in [2.75, 3.05) is 10.6 Å². The van der Waals surface area contributed by atoms with Crippen LogP contribution in [0.1, 0.15) is 71.8 Å². The largest absolute Gasteiger partial charge is 0.507 e. The molecule has 6 N–H and O–H groups in total. The maximum atomic E-state index is 14.1. The van der Waals surface area contributed by atoms with E-state index >= 15 is 0 Å². The Morgan fingerprint density at radius 2 is 1.40 bits per heavy atom. The number of nitrogens with one attached hydrogen (secondary N) is 2. The van der Waals surface area contributed by atoms with E-state index in [9.17, 15) is 15.0 Å². The van der Waals surface area contributed by atoms with Gasteiger partial charge in [0.15, 0.2) is 0 Å². The van der Waals surface area contributed by atoms with Crippen molar-refractivity contribution in [2.24, 2.45) is 34.4 Å². The molecule has 8 rings (SSSR count). The third-order valence-electron chi connectivity index (χ3n) is 11.0. The summed E-state index contributed by atoms with van der Waals surface area (Å²) >= 11 is 0. The van der Waals surface area contributed by atoms with Gasteiger partial charge in [-0.2, -0.15) is 0 Å². The highest BCUT2D eigenvalue weighted by molar-refractivity contribution is 6.52. The lowest BCUT2D eigenvalue weighted by Crippen LogP contribution is -2.52. The minimum Gasteiger partial charge on any atom is -0.507 e. The van der Waals surface area contributed by atoms with Crippen LogP contribution in [0.4, 0.5) is 11.4 Å². The average molecular weight is 629 g/mol. The number of allylic oxidation sites excluding steroid dienone is 2. The Hall–Kier alpha value is -4.36. The van der Waals surface area contributed by atoms with Crippen LogP contribution in [0.5, 0.6) is 5.75 Å². The van der Waals surface area contributed by atoms with Gasteiger partial charge in [0, 0.05) is 32.9 Å². The van der Waals surface area contributed by atoms with Crippen LogP contribution in [-0.4, -0.2) is 27.3 Å². The number of benzene rings is 4. The molecule has 0 amide bonds. The molecule has 0 saturated heterocycles. The number of hydrogen-bond donors (Lipinski definition) is 5. The molecule has 7 nitrogen and oxygen atoms in total. The number of anilines is 2. The average Bonchev–Trinajstić information content (AvgIpc) is 2.98. The molecule has 1 aliphatic heterocycles.